The van der Waals surface area contributed by atoms with Crippen molar-refractivity contribution in [1.82, 2.24) is 4.90 Å². The molecule has 3 N–H and O–H groups in total. The molecule has 0 spiro atoms. The van der Waals surface area contributed by atoms with Gasteiger partial charge in [0.1, 0.15) is 11.3 Å². The molecule has 0 aromatic carbocycles. The van der Waals surface area contributed by atoms with Crippen LogP contribution in [0.3, 0.4) is 0 Å². The van der Waals surface area contributed by atoms with E-state index in [0.717, 1.165) is 50.3 Å². The van der Waals surface area contributed by atoms with Gasteiger partial charge in [-0.2, -0.15) is 0 Å². The van der Waals surface area contributed by atoms with Crippen molar-refractivity contribution >= 4 is 35.6 Å². The molecule has 9 heteroatoms. The van der Waals surface area contributed by atoms with Crippen molar-refractivity contribution in [1.29, 1.82) is 0 Å². The Labute approximate surface area is 298 Å². The molecule has 0 saturated carbocycles. The van der Waals surface area contributed by atoms with E-state index in [1.54, 1.807) is 6.92 Å². The van der Waals surface area contributed by atoms with Crippen molar-refractivity contribution in [2.75, 3.05) is 12.3 Å². The number of carbonyl (C=O) groups excluding carboxylic acids is 1. The van der Waals surface area contributed by atoms with E-state index in [-0.39, 0.29) is 31.0 Å². The Balaban J connectivity index is 4.56. The smallest absolute Gasteiger partial charge is 0.327 e. The number of carbonyl (C=O) groups is 4. The predicted molar refractivity (Wildman–Crippen MR) is 200 cm³/mol. The molecule has 0 fully saturated rings. The van der Waals surface area contributed by atoms with E-state index >= 15 is 0 Å². The zero-order valence-electron chi connectivity index (χ0n) is 31.1. The van der Waals surface area contributed by atoms with Crippen LogP contribution in [0.15, 0.2) is 0 Å². The van der Waals surface area contributed by atoms with Gasteiger partial charge < -0.3 is 20.2 Å². The number of likely N-dealkylation sites (N-methyl/N-ethyl adjacent to an activating group) is 1. The Morgan fingerprint density at radius 1 is 0.500 bits per heavy atom. The first-order valence-electron chi connectivity index (χ1n) is 19.8. The number of nitrogens with zero attached hydrogens (tertiary/aromatic N) is 1. The fourth-order valence-corrected chi connectivity index (χ4v) is 7.81. The number of carboxylic acid groups (broad SMARTS) is 3. The molecule has 1 amide bonds. The van der Waals surface area contributed by atoms with Crippen LogP contribution >= 0.6 is 11.8 Å². The molecule has 48 heavy (non-hydrogen) atoms. The summed E-state index contributed by atoms with van der Waals surface area (Å²) in [6.45, 7) is 6.39. The average molecular weight is 700 g/mol. The first-order chi connectivity index (χ1) is 23.2. The van der Waals surface area contributed by atoms with Crippen molar-refractivity contribution in [3.63, 3.8) is 0 Å². The topological polar surface area (TPSA) is 132 Å². The molecular formula is C39H73NO7S. The Morgan fingerprint density at radius 3 is 1.21 bits per heavy atom. The van der Waals surface area contributed by atoms with Crippen molar-refractivity contribution in [2.24, 2.45) is 5.92 Å². The lowest BCUT2D eigenvalue weighted by molar-refractivity contribution is -0.149. The molecule has 0 radical (unpaired) electrons. The third-order valence-corrected chi connectivity index (χ3v) is 10.9. The van der Waals surface area contributed by atoms with Gasteiger partial charge in [-0.05, 0) is 19.8 Å². The summed E-state index contributed by atoms with van der Waals surface area (Å²) in [7, 11) is 0. The molecule has 282 valence electrons. The molecule has 2 unspecified atom stereocenters. The van der Waals surface area contributed by atoms with E-state index in [1.165, 1.54) is 114 Å². The summed E-state index contributed by atoms with van der Waals surface area (Å²) in [5.74, 6) is -5.13. The first kappa shape index (κ1) is 46.2. The Bertz CT molecular complexity index is 824. The van der Waals surface area contributed by atoms with E-state index in [4.69, 9.17) is 0 Å². The average Bonchev–Trinajstić information content (AvgIpc) is 3.05. The summed E-state index contributed by atoms with van der Waals surface area (Å²) in [5, 5.41) is 28.5. The summed E-state index contributed by atoms with van der Waals surface area (Å²) < 4.78 is 0. The van der Waals surface area contributed by atoms with Crippen LogP contribution in [0.25, 0.3) is 0 Å². The van der Waals surface area contributed by atoms with E-state index in [1.807, 2.05) is 0 Å². The number of hydrogen-bond acceptors (Lipinski definition) is 5. The second-order valence-electron chi connectivity index (χ2n) is 13.7. The highest BCUT2D eigenvalue weighted by Gasteiger charge is 2.37. The zero-order chi connectivity index (χ0) is 35.8. The van der Waals surface area contributed by atoms with Crippen LogP contribution in [0.2, 0.25) is 0 Å². The van der Waals surface area contributed by atoms with Gasteiger partial charge in [0.15, 0.2) is 0 Å². The number of thioether (sulfide) groups is 1. The van der Waals surface area contributed by atoms with Crippen LogP contribution in [-0.2, 0) is 19.2 Å². The van der Waals surface area contributed by atoms with E-state index < -0.39 is 35.1 Å². The van der Waals surface area contributed by atoms with E-state index in [0.29, 0.717) is 12.8 Å². The molecule has 0 rings (SSSR count). The van der Waals surface area contributed by atoms with Crippen molar-refractivity contribution in [2.45, 2.75) is 205 Å². The maximum Gasteiger partial charge on any atom is 0.327 e. The zero-order valence-corrected chi connectivity index (χ0v) is 31.9. The van der Waals surface area contributed by atoms with Gasteiger partial charge in [0.2, 0.25) is 5.91 Å². The predicted octanol–water partition coefficient (Wildman–Crippen LogP) is 10.7. The number of amides is 1. The van der Waals surface area contributed by atoms with Gasteiger partial charge >= 0.3 is 17.9 Å². The van der Waals surface area contributed by atoms with Gasteiger partial charge in [-0.25, -0.2) is 4.79 Å². The summed E-state index contributed by atoms with van der Waals surface area (Å²) in [5.41, 5.74) is 0. The lowest BCUT2D eigenvalue weighted by atomic mass is 9.96. The molecular weight excluding hydrogens is 626 g/mol. The molecule has 0 aliphatic rings. The highest BCUT2D eigenvalue weighted by molar-refractivity contribution is 8.00. The van der Waals surface area contributed by atoms with Crippen LogP contribution in [0.5, 0.6) is 0 Å². The Kier molecular flexibility index (Phi) is 31.2. The quantitative estimate of drug-likeness (QED) is 0.0550. The standard InChI is InChI=1S/C39H73NO7S/c1-4-7-9-11-13-15-17-19-21-23-25-27-29-31-35(41)40(6-3)34(38(44)45)32-48-36(39(46)47)33(37(42)43)30-28-26-24-22-20-18-16-14-12-10-8-5-2/h33-34,36H,4-32H2,1-3H3,(H,42,43)(H,44,45)(H,46,47)/t33?,34-,36?/m0/s1. The lowest BCUT2D eigenvalue weighted by Crippen LogP contribution is -2.47. The fraction of sp³-hybridized carbons (Fsp3) is 0.897. The van der Waals surface area contributed by atoms with Crippen LogP contribution < -0.4 is 0 Å². The lowest BCUT2D eigenvalue weighted by Gasteiger charge is -2.29. The number of rotatable bonds is 36. The number of carboxylic acids is 3. The fourth-order valence-electron chi connectivity index (χ4n) is 6.47. The van der Waals surface area contributed by atoms with Crippen LogP contribution in [0, 0.1) is 5.92 Å². The Hall–Kier alpha value is -1.77. The molecule has 0 aliphatic heterocycles. The first-order valence-corrected chi connectivity index (χ1v) is 20.8. The van der Waals surface area contributed by atoms with Gasteiger partial charge in [0, 0.05) is 18.7 Å². The molecule has 0 saturated heterocycles. The van der Waals surface area contributed by atoms with Gasteiger partial charge in [0.05, 0.1) is 5.92 Å². The summed E-state index contributed by atoms with van der Waals surface area (Å²) in [6, 6.07) is -1.20. The molecule has 0 aromatic heterocycles. The minimum absolute atomic E-state index is 0.160. The van der Waals surface area contributed by atoms with Crippen LogP contribution in [-0.4, -0.2) is 67.6 Å². The second-order valence-corrected chi connectivity index (χ2v) is 14.9. The summed E-state index contributed by atoms with van der Waals surface area (Å²) >= 11 is 0.840. The molecule has 0 heterocycles. The number of unbranched alkanes of at least 4 members (excludes halogenated alkanes) is 23. The van der Waals surface area contributed by atoms with Crippen molar-refractivity contribution in [3.05, 3.63) is 0 Å². The monoisotopic (exact) mass is 700 g/mol. The van der Waals surface area contributed by atoms with Crippen molar-refractivity contribution in [3.8, 4) is 0 Å². The summed E-state index contributed by atoms with van der Waals surface area (Å²) in [4.78, 5) is 50.8. The third kappa shape index (κ3) is 24.4. The second kappa shape index (κ2) is 32.4. The van der Waals surface area contributed by atoms with E-state index in [2.05, 4.69) is 13.8 Å². The minimum Gasteiger partial charge on any atom is -0.481 e. The SMILES string of the molecule is CCCCCCCCCCCCCCCC(=O)N(CC)[C@@H](CSC(C(=O)O)C(CCCCCCCCCCCCCC)C(=O)O)C(=O)O. The highest BCUT2D eigenvalue weighted by atomic mass is 32.2. The van der Waals surface area contributed by atoms with E-state index in [9.17, 15) is 34.5 Å². The van der Waals surface area contributed by atoms with Crippen LogP contribution in [0.4, 0.5) is 0 Å². The van der Waals surface area contributed by atoms with Gasteiger partial charge in [-0.15, -0.1) is 11.8 Å². The highest BCUT2D eigenvalue weighted by Crippen LogP contribution is 2.28. The van der Waals surface area contributed by atoms with Gasteiger partial charge in [0.25, 0.3) is 0 Å². The maximum absolute atomic E-state index is 13.0. The number of hydrogen-bond donors (Lipinski definition) is 3. The molecule has 0 bridgehead atoms. The van der Waals surface area contributed by atoms with Gasteiger partial charge in [-0.3, -0.25) is 14.4 Å². The minimum atomic E-state index is -1.27. The normalized spacial score (nSPS) is 13.2. The number of aliphatic carboxylic acids is 3. The largest absolute Gasteiger partial charge is 0.481 e. The maximum atomic E-state index is 13.0. The van der Waals surface area contributed by atoms with Gasteiger partial charge in [-0.1, -0.05) is 168 Å². The van der Waals surface area contributed by atoms with Crippen molar-refractivity contribution < 1.29 is 34.5 Å². The van der Waals surface area contributed by atoms with Crippen LogP contribution in [0.1, 0.15) is 194 Å². The molecule has 0 aromatic rings. The molecule has 3 atom stereocenters. The molecule has 0 aliphatic carbocycles. The molecule has 8 nitrogen and oxygen atoms in total. The Morgan fingerprint density at radius 2 is 0.875 bits per heavy atom. The third-order valence-electron chi connectivity index (χ3n) is 9.54. The summed E-state index contributed by atoms with van der Waals surface area (Å²) in [6.07, 6.45) is 29.8.